The number of aryl methyl sites for hydroxylation is 3. The van der Waals surface area contributed by atoms with Crippen molar-refractivity contribution in [3.63, 3.8) is 0 Å². The molecule has 1 aromatic carbocycles. The number of hydrogen-bond acceptors (Lipinski definition) is 6. The number of nitrogens with zero attached hydrogens (tertiary/aromatic N) is 4. The Kier molecular flexibility index (Phi) is 4.58. The normalized spacial score (nSPS) is 10.9. The fourth-order valence-corrected chi connectivity index (χ4v) is 3.91. The lowest BCUT2D eigenvalue weighted by Crippen LogP contribution is -2.04. The Morgan fingerprint density at radius 2 is 2.04 bits per heavy atom. The van der Waals surface area contributed by atoms with Gasteiger partial charge in [0.1, 0.15) is 0 Å². The fraction of sp³-hybridized carbons (Fsp3) is 0.250. The van der Waals surface area contributed by atoms with E-state index in [1.165, 1.54) is 28.7 Å². The highest BCUT2D eigenvalue weighted by molar-refractivity contribution is 7.99. The van der Waals surface area contributed by atoms with Gasteiger partial charge in [-0.2, -0.15) is 4.68 Å². The first kappa shape index (κ1) is 15.9. The van der Waals surface area contributed by atoms with Crippen LogP contribution in [0.2, 0.25) is 0 Å². The first-order valence-corrected chi connectivity index (χ1v) is 8.93. The molecule has 7 heteroatoms. The number of carbonyl (C=O) groups is 1. The minimum absolute atomic E-state index is 0.100. The maximum atomic E-state index is 12.2. The molecule has 3 aromatic rings. The van der Waals surface area contributed by atoms with Crippen molar-refractivity contribution in [2.75, 3.05) is 5.75 Å². The van der Waals surface area contributed by atoms with E-state index < -0.39 is 0 Å². The molecular weight excluding hydrogens is 328 g/mol. The first-order chi connectivity index (χ1) is 11.0. The molecule has 0 aliphatic rings. The number of Topliss-reactive ketones (excluding diaryl/α,β-unsaturated/α-hetero) is 1. The van der Waals surface area contributed by atoms with E-state index in [-0.39, 0.29) is 5.78 Å². The van der Waals surface area contributed by atoms with Gasteiger partial charge in [-0.3, -0.25) is 4.79 Å². The predicted molar refractivity (Wildman–Crippen MR) is 92.7 cm³/mol. The standard InChI is InChI=1S/C16H16N4OS2/c1-10-4-6-13(11(2)8-10)20-16(17-18-19-20)22-9-14(21)15-7-5-12(3)23-15/h4-8H,9H2,1-3H3. The molecule has 0 saturated heterocycles. The second kappa shape index (κ2) is 6.64. The lowest BCUT2D eigenvalue weighted by atomic mass is 10.1. The molecule has 3 rings (SSSR count). The van der Waals surface area contributed by atoms with Crippen LogP contribution < -0.4 is 0 Å². The summed E-state index contributed by atoms with van der Waals surface area (Å²) in [5.41, 5.74) is 3.22. The number of thiophene rings is 1. The van der Waals surface area contributed by atoms with E-state index in [0.29, 0.717) is 10.9 Å². The predicted octanol–water partition coefficient (Wildman–Crippen LogP) is 3.62. The van der Waals surface area contributed by atoms with Gasteiger partial charge in [0.25, 0.3) is 0 Å². The Bertz CT molecular complexity index is 853. The average Bonchev–Trinajstić information content (AvgIpc) is 3.14. The van der Waals surface area contributed by atoms with Crippen LogP contribution in [-0.4, -0.2) is 31.7 Å². The number of hydrogen-bond donors (Lipinski definition) is 0. The molecule has 0 unspecified atom stereocenters. The molecule has 23 heavy (non-hydrogen) atoms. The largest absolute Gasteiger partial charge is 0.292 e. The number of carbonyl (C=O) groups excluding carboxylic acids is 1. The van der Waals surface area contributed by atoms with Crippen molar-refractivity contribution >= 4 is 28.9 Å². The lowest BCUT2D eigenvalue weighted by molar-refractivity contribution is 0.102. The molecule has 0 aliphatic heterocycles. The van der Waals surface area contributed by atoms with E-state index >= 15 is 0 Å². The van der Waals surface area contributed by atoms with Crippen molar-refractivity contribution in [3.05, 3.63) is 51.2 Å². The van der Waals surface area contributed by atoms with Crippen LogP contribution in [0.5, 0.6) is 0 Å². The van der Waals surface area contributed by atoms with Crippen molar-refractivity contribution in [3.8, 4) is 5.69 Å². The quantitative estimate of drug-likeness (QED) is 0.522. The molecule has 0 aliphatic carbocycles. The summed E-state index contributed by atoms with van der Waals surface area (Å²) in [6, 6.07) is 9.94. The van der Waals surface area contributed by atoms with Crippen LogP contribution in [0.3, 0.4) is 0 Å². The summed E-state index contributed by atoms with van der Waals surface area (Å²) in [5.74, 6) is 0.425. The molecule has 0 spiro atoms. The zero-order valence-electron chi connectivity index (χ0n) is 13.1. The van der Waals surface area contributed by atoms with Crippen molar-refractivity contribution in [1.29, 1.82) is 0 Å². The van der Waals surface area contributed by atoms with E-state index in [4.69, 9.17) is 0 Å². The topological polar surface area (TPSA) is 60.7 Å². The molecule has 5 nitrogen and oxygen atoms in total. The molecule has 2 heterocycles. The van der Waals surface area contributed by atoms with Gasteiger partial charge in [-0.1, -0.05) is 29.5 Å². The van der Waals surface area contributed by atoms with Gasteiger partial charge in [0.05, 0.1) is 16.3 Å². The molecule has 0 saturated carbocycles. The van der Waals surface area contributed by atoms with E-state index in [1.54, 1.807) is 4.68 Å². The Hall–Kier alpha value is -1.99. The summed E-state index contributed by atoms with van der Waals surface area (Å²) in [6.45, 7) is 6.07. The zero-order valence-corrected chi connectivity index (χ0v) is 14.7. The number of tetrazole rings is 1. The summed E-state index contributed by atoms with van der Waals surface area (Å²) < 4.78 is 1.69. The van der Waals surface area contributed by atoms with Gasteiger partial charge in [-0.25, -0.2) is 0 Å². The summed E-state index contributed by atoms with van der Waals surface area (Å²) in [5, 5.41) is 12.5. The van der Waals surface area contributed by atoms with E-state index in [2.05, 4.69) is 21.6 Å². The smallest absolute Gasteiger partial charge is 0.214 e. The van der Waals surface area contributed by atoms with Gasteiger partial charge in [0, 0.05) is 4.88 Å². The maximum absolute atomic E-state index is 12.2. The van der Waals surface area contributed by atoms with Crippen LogP contribution in [0, 0.1) is 20.8 Å². The number of ketones is 1. The van der Waals surface area contributed by atoms with Gasteiger partial charge in [-0.05, 0) is 55.0 Å². The highest BCUT2D eigenvalue weighted by Crippen LogP contribution is 2.23. The molecule has 0 atom stereocenters. The van der Waals surface area contributed by atoms with Crippen molar-refractivity contribution in [2.24, 2.45) is 0 Å². The van der Waals surface area contributed by atoms with E-state index in [0.717, 1.165) is 21.0 Å². The highest BCUT2D eigenvalue weighted by atomic mass is 32.2. The molecule has 0 fully saturated rings. The Morgan fingerprint density at radius 3 is 2.74 bits per heavy atom. The molecule has 0 bridgehead atoms. The van der Waals surface area contributed by atoms with Gasteiger partial charge in [0.2, 0.25) is 5.16 Å². The minimum atomic E-state index is 0.100. The Labute approximate surface area is 142 Å². The van der Waals surface area contributed by atoms with Gasteiger partial charge < -0.3 is 0 Å². The minimum Gasteiger partial charge on any atom is -0.292 e. The van der Waals surface area contributed by atoms with Crippen LogP contribution in [-0.2, 0) is 0 Å². The average molecular weight is 344 g/mol. The molecule has 0 N–H and O–H groups in total. The number of benzene rings is 1. The lowest BCUT2D eigenvalue weighted by Gasteiger charge is -2.07. The summed E-state index contributed by atoms with van der Waals surface area (Å²) in [6.07, 6.45) is 0. The molecule has 118 valence electrons. The SMILES string of the molecule is Cc1ccc(-n2nnnc2SCC(=O)c2ccc(C)s2)c(C)c1. The van der Waals surface area contributed by atoms with E-state index in [1.807, 2.05) is 45.0 Å². The monoisotopic (exact) mass is 344 g/mol. The van der Waals surface area contributed by atoms with Crippen LogP contribution >= 0.6 is 23.1 Å². The van der Waals surface area contributed by atoms with Crippen molar-refractivity contribution < 1.29 is 4.79 Å². The van der Waals surface area contributed by atoms with E-state index in [9.17, 15) is 4.79 Å². The number of thioether (sulfide) groups is 1. The molecule has 0 radical (unpaired) electrons. The molecule has 2 aromatic heterocycles. The molecule has 0 amide bonds. The third-order valence-electron chi connectivity index (χ3n) is 3.37. The number of aromatic nitrogens is 4. The fourth-order valence-electron chi connectivity index (χ4n) is 2.25. The molecular formula is C16H16N4OS2. The van der Waals surface area contributed by atoms with Crippen molar-refractivity contribution in [1.82, 2.24) is 20.2 Å². The van der Waals surface area contributed by atoms with Crippen LogP contribution in [0.25, 0.3) is 5.69 Å². The van der Waals surface area contributed by atoms with Crippen LogP contribution in [0.15, 0.2) is 35.5 Å². The second-order valence-electron chi connectivity index (χ2n) is 5.29. The number of rotatable bonds is 5. The Morgan fingerprint density at radius 1 is 1.22 bits per heavy atom. The first-order valence-electron chi connectivity index (χ1n) is 7.13. The summed E-state index contributed by atoms with van der Waals surface area (Å²) in [7, 11) is 0. The third-order valence-corrected chi connectivity index (χ3v) is 5.33. The van der Waals surface area contributed by atoms with Gasteiger partial charge in [-0.15, -0.1) is 16.4 Å². The Balaban J connectivity index is 1.77. The second-order valence-corrected chi connectivity index (χ2v) is 7.52. The van der Waals surface area contributed by atoms with Crippen molar-refractivity contribution in [2.45, 2.75) is 25.9 Å². The van der Waals surface area contributed by atoms with Gasteiger partial charge in [0.15, 0.2) is 5.78 Å². The zero-order chi connectivity index (χ0) is 16.4. The van der Waals surface area contributed by atoms with Gasteiger partial charge >= 0.3 is 0 Å². The summed E-state index contributed by atoms with van der Waals surface area (Å²) >= 11 is 2.87. The van der Waals surface area contributed by atoms with Crippen LogP contribution in [0.4, 0.5) is 0 Å². The highest BCUT2D eigenvalue weighted by Gasteiger charge is 2.15. The maximum Gasteiger partial charge on any atom is 0.214 e. The third kappa shape index (κ3) is 3.51. The van der Waals surface area contributed by atoms with Crippen LogP contribution in [0.1, 0.15) is 25.7 Å². The summed E-state index contributed by atoms with van der Waals surface area (Å²) in [4.78, 5) is 14.1.